The number of oxazole rings is 1. The van der Waals surface area contributed by atoms with Gasteiger partial charge in [-0.05, 0) is 110 Å². The highest BCUT2D eigenvalue weighted by Crippen LogP contribution is 2.27. The van der Waals surface area contributed by atoms with Gasteiger partial charge in [0.1, 0.15) is 12.1 Å². The molecular weight excluding hydrogens is 1370 g/mol. The third kappa shape index (κ3) is 94.0. The van der Waals surface area contributed by atoms with E-state index in [-0.39, 0.29) is 27.1 Å². The first-order chi connectivity index (χ1) is 49.1. The van der Waals surface area contributed by atoms with E-state index in [1.54, 1.807) is 111 Å². The topological polar surface area (TPSA) is 215 Å². The number of thiazole rings is 1. The second kappa shape index (κ2) is 57.1. The van der Waals surface area contributed by atoms with Crippen LogP contribution in [0.3, 0.4) is 0 Å². The number of thiophene rings is 1. The summed E-state index contributed by atoms with van der Waals surface area (Å²) in [6.07, 6.45) is 33.9. The van der Waals surface area contributed by atoms with Gasteiger partial charge in [-0.25, -0.2) is 19.9 Å². The number of nitrogens with zero attached hydrogens (tertiary/aromatic N) is 11. The van der Waals surface area contributed by atoms with Gasteiger partial charge in [0.2, 0.25) is 0 Å². The van der Waals surface area contributed by atoms with Gasteiger partial charge in [-0.2, -0.15) is 15.3 Å². The highest BCUT2D eigenvalue weighted by Gasteiger charge is 2.18. The zero-order chi connectivity index (χ0) is 84.4. The molecule has 0 aliphatic carbocycles. The Labute approximate surface area is 667 Å². The Morgan fingerprint density at radius 3 is 0.889 bits per heavy atom. The predicted molar refractivity (Wildman–Crippen MR) is 468 cm³/mol. The molecule has 0 aliphatic heterocycles. The zero-order valence-corrected chi connectivity index (χ0v) is 76.4. The van der Waals surface area contributed by atoms with Crippen molar-refractivity contribution < 1.29 is 8.83 Å². The van der Waals surface area contributed by atoms with Crippen LogP contribution in [0.4, 0.5) is 0 Å². The van der Waals surface area contributed by atoms with Crippen molar-refractivity contribution >= 4 is 22.7 Å². The van der Waals surface area contributed by atoms with Gasteiger partial charge in [0.15, 0.2) is 6.39 Å². The van der Waals surface area contributed by atoms with Crippen LogP contribution in [0.2, 0.25) is 0 Å². The minimum atomic E-state index is 0.0938. The number of imidazole rings is 1. The second-order valence-electron chi connectivity index (χ2n) is 38.8. The molecule has 0 spiro atoms. The average molecular weight is 1530 g/mol. The molecule has 0 amide bonds. The van der Waals surface area contributed by atoms with Crippen molar-refractivity contribution in [2.24, 2.45) is 27.1 Å². The quantitative estimate of drug-likeness (QED) is 0.129. The van der Waals surface area contributed by atoms with E-state index in [0.29, 0.717) is 32.5 Å². The Morgan fingerprint density at radius 1 is 0.306 bits per heavy atom. The number of furan rings is 1. The third-order valence-electron chi connectivity index (χ3n) is 10.1. The molecule has 108 heavy (non-hydrogen) atoms. The molecule has 3 N–H and O–H groups in total. The van der Waals surface area contributed by atoms with E-state index in [4.69, 9.17) is 4.42 Å². The van der Waals surface area contributed by atoms with Crippen molar-refractivity contribution in [1.29, 1.82) is 0 Å². The Morgan fingerprint density at radius 2 is 0.731 bits per heavy atom. The van der Waals surface area contributed by atoms with Crippen molar-refractivity contribution in [1.82, 2.24) is 70.2 Å². The van der Waals surface area contributed by atoms with Gasteiger partial charge >= 0.3 is 0 Å². The number of H-pyrrole nitrogens is 3. The molecule has 606 valence electrons. The van der Waals surface area contributed by atoms with E-state index < -0.39 is 0 Å². The fourth-order valence-corrected chi connectivity index (χ4v) is 6.84. The molecule has 0 aliphatic rings. The number of hydrogen-bond acceptors (Lipinski definition) is 15. The molecule has 0 saturated carbocycles. The standard InChI is InChI=1S/C8H13N.C8H12S.2C7H12N2.C7H11NO.C7H11NS.C5H5N.5C5H12.3C4H4N2.C4H4O/c2*1-8(2,3)7-5-4-6-9-7;1-7(2,3)6-4-8-5-9-6;1-7(2,3)6-4-5-8-9-6;2*1-7(2,3)6-4-8-5-9-6;1-2-4-6-5-3-1;5*1-5(2,3)4;1-2-6-4-3-5-1;1-2-5-4-6-3-1;1-2-4-6-5-3-1;1-2-4-5-3-1/h4-6,9H,1-3H3;4-6H,1-3H3;2*4-5H,1-3H3,(H,8,9);2*4-5H,1-3H3;1-5H;5*1-4H3;3*1-4H;1-4H. The summed E-state index contributed by atoms with van der Waals surface area (Å²) in [6.45, 7) is 82.8. The lowest BCUT2D eigenvalue weighted by molar-refractivity contribution is 0.408. The van der Waals surface area contributed by atoms with Crippen molar-refractivity contribution in [3.63, 3.8) is 0 Å². The van der Waals surface area contributed by atoms with Crippen LogP contribution in [-0.2, 0) is 32.5 Å². The number of aromatic amines is 3. The highest BCUT2D eigenvalue weighted by molar-refractivity contribution is 7.10. The van der Waals surface area contributed by atoms with E-state index in [9.17, 15) is 0 Å². The summed E-state index contributed by atoms with van der Waals surface area (Å²) in [7, 11) is 0. The van der Waals surface area contributed by atoms with Crippen LogP contribution < -0.4 is 0 Å². The average Bonchev–Trinajstić information content (AvgIpc) is 1.77. The maximum Gasteiger partial charge on any atom is 0.180 e. The molecule has 16 nitrogen and oxygen atoms in total. The van der Waals surface area contributed by atoms with Crippen molar-refractivity contribution in [3.05, 3.63) is 247 Å². The highest BCUT2D eigenvalue weighted by atomic mass is 32.1. The molecular formula is C90H152N14O2S2. The van der Waals surface area contributed by atoms with Crippen molar-refractivity contribution in [3.8, 4) is 0 Å². The first-order valence-electron chi connectivity index (χ1n) is 37.0. The fraction of sp³-hybridized carbons (Fsp3) is 0.544. The van der Waals surface area contributed by atoms with E-state index in [0.717, 1.165) is 5.76 Å². The Balaban J connectivity index is -0.000000351. The first kappa shape index (κ1) is 109. The normalized spacial score (nSPS) is 10.9. The van der Waals surface area contributed by atoms with Gasteiger partial charge in [-0.3, -0.25) is 25.0 Å². The lowest BCUT2D eigenvalue weighted by Gasteiger charge is -2.15. The van der Waals surface area contributed by atoms with Crippen LogP contribution in [0.15, 0.2) is 223 Å². The predicted octanol–water partition coefficient (Wildman–Crippen LogP) is 27.2. The SMILES string of the molecule is CC(C)(C)C.CC(C)(C)C.CC(C)(C)C.CC(C)(C)C.CC(C)(C)C.CC(C)(C)c1ccc[nH]1.CC(C)(C)c1cccs1.CC(C)(C)c1ccn[nH]1.CC(C)(C)c1cnc[nH]1.CC(C)(C)c1cnco1.CC(C)(C)c1cncs1.c1ccncc1.c1ccnnc1.c1ccoc1.c1cnccn1.c1cncnc1. The Kier molecular flexibility index (Phi) is 57.3. The molecule has 11 aromatic rings. The monoisotopic (exact) mass is 1530 g/mol. The van der Waals surface area contributed by atoms with E-state index >= 15 is 0 Å². The van der Waals surface area contributed by atoms with E-state index in [1.807, 2.05) is 90.0 Å². The summed E-state index contributed by atoms with van der Waals surface area (Å²) in [5.74, 6) is 0.933. The van der Waals surface area contributed by atoms with Gasteiger partial charge in [-0.1, -0.05) is 275 Å². The molecule has 0 atom stereocenters. The number of hydrogen-bond donors (Lipinski definition) is 3. The molecule has 11 heterocycles. The summed E-state index contributed by atoms with van der Waals surface area (Å²) < 4.78 is 9.67. The number of nitrogens with one attached hydrogen (secondary N) is 3. The summed E-state index contributed by atoms with van der Waals surface area (Å²) in [6, 6.07) is 25.2. The lowest BCUT2D eigenvalue weighted by Crippen LogP contribution is -2.11. The molecule has 0 radical (unpaired) electrons. The number of aromatic nitrogens is 14. The summed E-state index contributed by atoms with van der Waals surface area (Å²) >= 11 is 3.55. The molecule has 0 aromatic carbocycles. The molecule has 0 fully saturated rings. The molecule has 18 heteroatoms. The summed E-state index contributed by atoms with van der Waals surface area (Å²) in [4.78, 5) is 39.4. The van der Waals surface area contributed by atoms with E-state index in [2.05, 4.69) is 361 Å². The molecule has 11 rings (SSSR count). The van der Waals surface area contributed by atoms with Gasteiger partial charge in [-0.15, -0.1) is 22.7 Å². The fourth-order valence-electron chi connectivity index (χ4n) is 5.31. The zero-order valence-electron chi connectivity index (χ0n) is 74.8. The minimum absolute atomic E-state index is 0.0938. The first-order valence-corrected chi connectivity index (χ1v) is 38.8. The van der Waals surface area contributed by atoms with Crippen molar-refractivity contribution in [2.45, 2.75) is 296 Å². The number of rotatable bonds is 0. The largest absolute Gasteiger partial charge is 0.473 e. The van der Waals surface area contributed by atoms with Gasteiger partial charge < -0.3 is 18.8 Å². The molecule has 11 aromatic heterocycles. The molecule has 0 saturated heterocycles. The summed E-state index contributed by atoms with van der Waals surface area (Å²) in [5.41, 5.74) is 9.43. The van der Waals surface area contributed by atoms with Gasteiger partial charge in [0.05, 0.1) is 30.6 Å². The van der Waals surface area contributed by atoms with Crippen LogP contribution in [0.1, 0.15) is 296 Å². The smallest absolute Gasteiger partial charge is 0.180 e. The Hall–Kier alpha value is -8.09. The molecule has 0 unspecified atom stereocenters. The maximum absolute atomic E-state index is 5.09. The van der Waals surface area contributed by atoms with Gasteiger partial charge in [0, 0.05) is 135 Å². The van der Waals surface area contributed by atoms with E-state index in [1.165, 1.54) is 39.6 Å². The van der Waals surface area contributed by atoms with Gasteiger partial charge in [0.25, 0.3) is 0 Å². The minimum Gasteiger partial charge on any atom is -0.473 e. The maximum atomic E-state index is 5.09. The summed E-state index contributed by atoms with van der Waals surface area (Å²) in [5, 5.41) is 16.0. The van der Waals surface area contributed by atoms with Crippen molar-refractivity contribution in [2.75, 3.05) is 0 Å². The van der Waals surface area contributed by atoms with Crippen LogP contribution in [0, 0.1) is 27.1 Å². The lowest BCUT2D eigenvalue weighted by atomic mass is 9.93. The van der Waals surface area contributed by atoms with Crippen LogP contribution in [0.5, 0.6) is 0 Å². The molecule has 0 bridgehead atoms. The number of pyridine rings is 1. The van der Waals surface area contributed by atoms with Crippen LogP contribution >= 0.6 is 22.7 Å². The third-order valence-corrected chi connectivity index (χ3v) is 12.5. The Bertz CT molecular complexity index is 2780. The van der Waals surface area contributed by atoms with Crippen LogP contribution in [0.25, 0.3) is 0 Å². The van der Waals surface area contributed by atoms with Crippen LogP contribution in [-0.4, -0.2) is 70.2 Å². The second-order valence-corrected chi connectivity index (χ2v) is 40.6.